The number of hydrogen-bond acceptors (Lipinski definition) is 5. The molecule has 3 N–H and O–H groups in total. The van der Waals surface area contributed by atoms with Gasteiger partial charge in [-0.2, -0.15) is 5.10 Å². The van der Waals surface area contributed by atoms with E-state index in [1.807, 2.05) is 24.3 Å². The molecule has 2 aliphatic heterocycles. The molecule has 3 heterocycles. The number of ether oxygens (including phenoxy) is 1. The average Bonchev–Trinajstić information content (AvgIpc) is 3.11. The summed E-state index contributed by atoms with van der Waals surface area (Å²) >= 11 is 6.04. The highest BCUT2D eigenvalue weighted by Gasteiger charge is 2.31. The lowest BCUT2D eigenvalue weighted by Gasteiger charge is -2.35. The molecule has 27 heavy (non-hydrogen) atoms. The van der Waals surface area contributed by atoms with E-state index in [1.54, 1.807) is 0 Å². The van der Waals surface area contributed by atoms with Crippen molar-refractivity contribution in [3.8, 4) is 0 Å². The summed E-state index contributed by atoms with van der Waals surface area (Å²) < 4.78 is 6.00. The number of H-pyrrole nitrogens is 1. The first-order valence-electron chi connectivity index (χ1n) is 9.25. The van der Waals surface area contributed by atoms with E-state index in [0.29, 0.717) is 23.9 Å². The Labute approximate surface area is 163 Å². The maximum absolute atomic E-state index is 13.0. The second kappa shape index (κ2) is 7.98. The van der Waals surface area contributed by atoms with Crippen LogP contribution in [0.1, 0.15) is 33.4 Å². The summed E-state index contributed by atoms with van der Waals surface area (Å²) in [5.74, 6) is -0.187. The van der Waals surface area contributed by atoms with Gasteiger partial charge in [-0.15, -0.1) is 0 Å². The number of nitrogens with one attached hydrogen (secondary N) is 3. The van der Waals surface area contributed by atoms with E-state index in [9.17, 15) is 4.79 Å². The minimum atomic E-state index is -0.276. The zero-order chi connectivity index (χ0) is 18.8. The standard InChI is InChI=1S/C19H24ClN5O2/c1-25-8-9-27-16(11-25)17(12-2-4-13(20)5-3-12)22-19(26)18-14-10-21-7-6-15(14)23-24-18/h2-5,16-17,21H,6-11H2,1H3,(H,22,26)(H,23,24). The van der Waals surface area contributed by atoms with Gasteiger partial charge >= 0.3 is 0 Å². The summed E-state index contributed by atoms with van der Waals surface area (Å²) in [4.78, 5) is 15.2. The van der Waals surface area contributed by atoms with Gasteiger partial charge in [-0.05, 0) is 24.7 Å². The summed E-state index contributed by atoms with van der Waals surface area (Å²) in [6, 6.07) is 7.27. The second-order valence-electron chi connectivity index (χ2n) is 7.13. The van der Waals surface area contributed by atoms with Crippen LogP contribution < -0.4 is 10.6 Å². The molecule has 0 aliphatic carbocycles. The van der Waals surface area contributed by atoms with Crippen molar-refractivity contribution >= 4 is 17.5 Å². The fourth-order valence-corrected chi connectivity index (χ4v) is 3.82. The number of likely N-dealkylation sites (N-methyl/N-ethyl adjacent to an activating group) is 1. The third-order valence-electron chi connectivity index (χ3n) is 5.21. The number of fused-ring (bicyclic) bond motifs is 1. The van der Waals surface area contributed by atoms with Crippen LogP contribution in [0.2, 0.25) is 5.02 Å². The van der Waals surface area contributed by atoms with Crippen LogP contribution >= 0.6 is 11.6 Å². The van der Waals surface area contributed by atoms with Gasteiger partial charge in [-0.3, -0.25) is 9.89 Å². The van der Waals surface area contributed by atoms with Crippen molar-refractivity contribution in [2.45, 2.75) is 25.1 Å². The molecule has 1 amide bonds. The van der Waals surface area contributed by atoms with Gasteiger partial charge in [0.15, 0.2) is 5.69 Å². The van der Waals surface area contributed by atoms with Crippen molar-refractivity contribution in [2.24, 2.45) is 0 Å². The van der Waals surface area contributed by atoms with Crippen LogP contribution in [0.25, 0.3) is 0 Å². The first-order chi connectivity index (χ1) is 13.1. The largest absolute Gasteiger partial charge is 0.373 e. The highest BCUT2D eigenvalue weighted by atomic mass is 35.5. The Morgan fingerprint density at radius 1 is 1.41 bits per heavy atom. The molecule has 8 heteroatoms. The number of amides is 1. The monoisotopic (exact) mass is 389 g/mol. The van der Waals surface area contributed by atoms with Gasteiger partial charge in [0.05, 0.1) is 18.8 Å². The van der Waals surface area contributed by atoms with Crippen LogP contribution in [-0.2, 0) is 17.7 Å². The molecule has 1 aromatic heterocycles. The molecule has 4 rings (SSSR count). The Morgan fingerprint density at radius 2 is 2.22 bits per heavy atom. The fraction of sp³-hybridized carbons (Fsp3) is 0.474. The third-order valence-corrected chi connectivity index (χ3v) is 5.46. The summed E-state index contributed by atoms with van der Waals surface area (Å²) in [6.07, 6.45) is 0.717. The number of benzene rings is 1. The van der Waals surface area contributed by atoms with E-state index >= 15 is 0 Å². The third kappa shape index (κ3) is 4.01. The number of morpholine rings is 1. The first-order valence-corrected chi connectivity index (χ1v) is 9.63. The van der Waals surface area contributed by atoms with Gasteiger partial charge in [-0.25, -0.2) is 0 Å². The Hall–Kier alpha value is -1.93. The summed E-state index contributed by atoms with van der Waals surface area (Å²) in [5, 5.41) is 14.4. The van der Waals surface area contributed by atoms with E-state index in [1.165, 1.54) is 0 Å². The minimum absolute atomic E-state index is 0.137. The molecule has 1 fully saturated rings. The van der Waals surface area contributed by atoms with Crippen molar-refractivity contribution < 1.29 is 9.53 Å². The number of rotatable bonds is 4. The normalized spacial score (nSPS) is 21.5. The predicted octanol–water partition coefficient (Wildman–Crippen LogP) is 1.51. The highest BCUT2D eigenvalue weighted by Crippen LogP contribution is 2.25. The molecule has 0 bridgehead atoms. The average molecular weight is 390 g/mol. The van der Waals surface area contributed by atoms with Crippen molar-refractivity contribution in [3.63, 3.8) is 0 Å². The predicted molar refractivity (Wildman–Crippen MR) is 103 cm³/mol. The molecule has 144 valence electrons. The molecule has 2 unspecified atom stereocenters. The Morgan fingerprint density at radius 3 is 3.00 bits per heavy atom. The van der Waals surface area contributed by atoms with Crippen molar-refractivity contribution in [3.05, 3.63) is 51.8 Å². The van der Waals surface area contributed by atoms with Gasteiger partial charge in [0.2, 0.25) is 0 Å². The van der Waals surface area contributed by atoms with E-state index in [4.69, 9.17) is 16.3 Å². The molecule has 1 saturated heterocycles. The molecule has 1 aromatic carbocycles. The summed E-state index contributed by atoms with van der Waals surface area (Å²) in [7, 11) is 2.06. The first kappa shape index (κ1) is 18.4. The number of hydrogen-bond donors (Lipinski definition) is 3. The minimum Gasteiger partial charge on any atom is -0.373 e. The fourth-order valence-electron chi connectivity index (χ4n) is 3.70. The smallest absolute Gasteiger partial charge is 0.272 e. The molecular formula is C19H24ClN5O2. The summed E-state index contributed by atoms with van der Waals surface area (Å²) in [5.41, 5.74) is 3.42. The SMILES string of the molecule is CN1CCOC(C(NC(=O)c2n[nH]c3c2CNCC3)c2ccc(Cl)cc2)C1. The number of aromatic amines is 1. The topological polar surface area (TPSA) is 82.3 Å². The molecule has 2 aliphatic rings. The lowest BCUT2D eigenvalue weighted by molar-refractivity contribution is -0.0381. The van der Waals surface area contributed by atoms with E-state index in [-0.39, 0.29) is 18.1 Å². The molecule has 0 saturated carbocycles. The van der Waals surface area contributed by atoms with Crippen LogP contribution in [0.15, 0.2) is 24.3 Å². The van der Waals surface area contributed by atoms with Crippen molar-refractivity contribution in [1.29, 1.82) is 0 Å². The maximum atomic E-state index is 13.0. The molecule has 2 atom stereocenters. The Balaban J connectivity index is 1.59. The van der Waals surface area contributed by atoms with Crippen molar-refractivity contribution in [1.82, 2.24) is 25.7 Å². The van der Waals surface area contributed by atoms with Gasteiger partial charge in [0.25, 0.3) is 5.91 Å². The molecule has 0 radical (unpaired) electrons. The van der Waals surface area contributed by atoms with Gasteiger partial charge in [0.1, 0.15) is 0 Å². The number of nitrogens with zero attached hydrogens (tertiary/aromatic N) is 2. The van der Waals surface area contributed by atoms with Gasteiger partial charge in [-0.1, -0.05) is 23.7 Å². The molecular weight excluding hydrogens is 366 g/mol. The van der Waals surface area contributed by atoms with E-state index in [2.05, 4.69) is 32.8 Å². The van der Waals surface area contributed by atoms with E-state index in [0.717, 1.165) is 42.9 Å². The number of carbonyl (C=O) groups is 1. The Kier molecular flexibility index (Phi) is 5.45. The second-order valence-corrected chi connectivity index (χ2v) is 7.57. The number of aromatic nitrogens is 2. The zero-order valence-electron chi connectivity index (χ0n) is 15.3. The van der Waals surface area contributed by atoms with Gasteiger partial charge < -0.3 is 20.3 Å². The van der Waals surface area contributed by atoms with E-state index < -0.39 is 0 Å². The van der Waals surface area contributed by atoms with Crippen molar-refractivity contribution in [2.75, 3.05) is 33.3 Å². The maximum Gasteiger partial charge on any atom is 0.272 e. The molecule has 2 aromatic rings. The lowest BCUT2D eigenvalue weighted by atomic mass is 9.99. The van der Waals surface area contributed by atoms with Gasteiger partial charge in [0, 0.05) is 48.9 Å². The summed E-state index contributed by atoms with van der Waals surface area (Å²) in [6.45, 7) is 3.82. The van der Waals surface area contributed by atoms with Crippen LogP contribution in [-0.4, -0.2) is 60.4 Å². The molecule has 7 nitrogen and oxygen atoms in total. The van der Waals surface area contributed by atoms with Crippen LogP contribution in [0, 0.1) is 0 Å². The van der Waals surface area contributed by atoms with Crippen LogP contribution in [0.4, 0.5) is 0 Å². The quantitative estimate of drug-likeness (QED) is 0.738. The lowest BCUT2D eigenvalue weighted by Crippen LogP contribution is -2.48. The van der Waals surface area contributed by atoms with Crippen LogP contribution in [0.3, 0.4) is 0 Å². The Bertz CT molecular complexity index is 807. The highest BCUT2D eigenvalue weighted by molar-refractivity contribution is 6.30. The number of carbonyl (C=O) groups excluding carboxylic acids is 1. The van der Waals surface area contributed by atoms with Crippen LogP contribution in [0.5, 0.6) is 0 Å². The number of halogens is 1. The molecule has 0 spiro atoms. The zero-order valence-corrected chi connectivity index (χ0v) is 16.1.